The highest BCUT2D eigenvalue weighted by Crippen LogP contribution is 2.37. The minimum absolute atomic E-state index is 0.173. The molecule has 29 heavy (non-hydrogen) atoms. The molecule has 0 aromatic heterocycles. The van der Waals surface area contributed by atoms with Crippen LogP contribution >= 0.6 is 0 Å². The van der Waals surface area contributed by atoms with Gasteiger partial charge in [-0.15, -0.1) is 0 Å². The number of benzene rings is 2. The van der Waals surface area contributed by atoms with Crippen molar-refractivity contribution in [3.8, 4) is 5.75 Å². The van der Waals surface area contributed by atoms with E-state index in [4.69, 9.17) is 4.74 Å². The van der Waals surface area contributed by atoms with Crippen LogP contribution in [0.1, 0.15) is 57.9 Å². The maximum absolute atomic E-state index is 11.1. The van der Waals surface area contributed by atoms with Crippen molar-refractivity contribution in [2.45, 2.75) is 65.0 Å². The molecule has 4 rings (SSSR count). The number of carboxylic acids is 1. The Hall–Kier alpha value is -2.07. The number of carbonyl (C=O) groups is 1. The van der Waals surface area contributed by atoms with Crippen molar-refractivity contribution in [3.63, 3.8) is 0 Å². The second-order valence-corrected chi connectivity index (χ2v) is 9.68. The summed E-state index contributed by atoms with van der Waals surface area (Å²) in [6.45, 7) is 7.30. The van der Waals surface area contributed by atoms with Gasteiger partial charge in [-0.25, -0.2) is 0 Å². The van der Waals surface area contributed by atoms with Crippen LogP contribution in [0.4, 0.5) is 0 Å². The molecule has 0 spiro atoms. The van der Waals surface area contributed by atoms with E-state index in [0.717, 1.165) is 51.1 Å². The highest BCUT2D eigenvalue weighted by Gasteiger charge is 2.28. The largest absolute Gasteiger partial charge is 0.490 e. The molecular formula is C25H33NO3. The highest BCUT2D eigenvalue weighted by atomic mass is 16.5. The first-order chi connectivity index (χ1) is 13.9. The minimum atomic E-state index is -0.649. The van der Waals surface area contributed by atoms with Gasteiger partial charge in [0.15, 0.2) is 0 Å². The molecule has 1 aliphatic carbocycles. The Balaban J connectivity index is 1.42. The lowest BCUT2D eigenvalue weighted by Crippen LogP contribution is -2.35. The van der Waals surface area contributed by atoms with Crippen molar-refractivity contribution in [2.75, 3.05) is 13.1 Å². The molecule has 1 aliphatic heterocycles. The minimum Gasteiger partial charge on any atom is -0.490 e. The molecule has 2 aromatic carbocycles. The van der Waals surface area contributed by atoms with Gasteiger partial charge in [0.05, 0.1) is 12.0 Å². The van der Waals surface area contributed by atoms with Crippen LogP contribution in [0.5, 0.6) is 5.75 Å². The molecule has 1 N–H and O–H groups in total. The Bertz CT molecular complexity index is 857. The topological polar surface area (TPSA) is 49.8 Å². The SMILES string of the molecule is CC1(C)CCC(Oc2cccc3cc(CN4CCC(C(=O)O)CC4)ccc23)CC1. The zero-order valence-electron chi connectivity index (χ0n) is 17.7. The van der Waals surface area contributed by atoms with Gasteiger partial charge in [-0.3, -0.25) is 9.69 Å². The fourth-order valence-electron chi connectivity index (χ4n) is 4.77. The molecular weight excluding hydrogens is 362 g/mol. The number of piperidine rings is 1. The quantitative estimate of drug-likeness (QED) is 0.728. The van der Waals surface area contributed by atoms with Crippen molar-refractivity contribution in [2.24, 2.45) is 11.3 Å². The van der Waals surface area contributed by atoms with Gasteiger partial charge < -0.3 is 9.84 Å². The molecule has 2 aliphatic rings. The van der Waals surface area contributed by atoms with Crippen LogP contribution < -0.4 is 4.74 Å². The number of hydrogen-bond donors (Lipinski definition) is 1. The van der Waals surface area contributed by atoms with Crippen LogP contribution in [0.15, 0.2) is 36.4 Å². The average Bonchev–Trinajstić information content (AvgIpc) is 2.70. The third kappa shape index (κ3) is 4.92. The summed E-state index contributed by atoms with van der Waals surface area (Å²) in [7, 11) is 0. The molecule has 4 nitrogen and oxygen atoms in total. The predicted octanol–water partition coefficient (Wildman–Crippen LogP) is 5.48. The summed E-state index contributed by atoms with van der Waals surface area (Å²) in [5.74, 6) is 0.179. The van der Waals surface area contributed by atoms with Gasteiger partial charge in [-0.1, -0.05) is 38.1 Å². The smallest absolute Gasteiger partial charge is 0.306 e. The first-order valence-electron chi connectivity index (χ1n) is 11.0. The number of rotatable bonds is 5. The standard InChI is InChI=1S/C25H33NO3/c1-25(2)12-8-21(9-13-25)29-23-5-3-4-20-16-18(6-7-22(20)23)17-26-14-10-19(11-15-26)24(27)28/h3-7,16,19,21H,8-15,17H2,1-2H3,(H,27,28). The van der Waals surface area contributed by atoms with E-state index in [0.29, 0.717) is 11.5 Å². The normalized spacial score (nSPS) is 21.3. The predicted molar refractivity (Wildman–Crippen MR) is 116 cm³/mol. The second-order valence-electron chi connectivity index (χ2n) is 9.68. The van der Waals surface area contributed by atoms with E-state index in [1.807, 2.05) is 0 Å². The molecule has 2 fully saturated rings. The van der Waals surface area contributed by atoms with Crippen LogP contribution in [-0.2, 0) is 11.3 Å². The highest BCUT2D eigenvalue weighted by molar-refractivity contribution is 5.88. The summed E-state index contributed by atoms with van der Waals surface area (Å²) in [6, 6.07) is 13.0. The van der Waals surface area contributed by atoms with Crippen LogP contribution in [0.25, 0.3) is 10.8 Å². The van der Waals surface area contributed by atoms with Crippen LogP contribution in [0.3, 0.4) is 0 Å². The van der Waals surface area contributed by atoms with E-state index < -0.39 is 5.97 Å². The number of carboxylic acid groups (broad SMARTS) is 1. The van der Waals surface area contributed by atoms with Gasteiger partial charge in [-0.05, 0) is 80.1 Å². The Morgan fingerprint density at radius 2 is 1.83 bits per heavy atom. The molecule has 0 atom stereocenters. The number of nitrogens with zero attached hydrogens (tertiary/aromatic N) is 1. The van der Waals surface area contributed by atoms with Crippen molar-refractivity contribution >= 4 is 16.7 Å². The van der Waals surface area contributed by atoms with Crippen molar-refractivity contribution in [1.29, 1.82) is 0 Å². The van der Waals surface area contributed by atoms with Crippen LogP contribution in [0.2, 0.25) is 0 Å². The maximum atomic E-state index is 11.1. The number of fused-ring (bicyclic) bond motifs is 1. The van der Waals surface area contributed by atoms with E-state index in [2.05, 4.69) is 55.1 Å². The lowest BCUT2D eigenvalue weighted by Gasteiger charge is -2.34. The zero-order valence-corrected chi connectivity index (χ0v) is 17.7. The van der Waals surface area contributed by atoms with Gasteiger partial charge in [0.25, 0.3) is 0 Å². The molecule has 1 heterocycles. The number of likely N-dealkylation sites (tertiary alicyclic amines) is 1. The van der Waals surface area contributed by atoms with Gasteiger partial charge in [0, 0.05) is 11.9 Å². The van der Waals surface area contributed by atoms with Gasteiger partial charge in [-0.2, -0.15) is 0 Å². The molecule has 1 saturated carbocycles. The zero-order chi connectivity index (χ0) is 20.4. The number of hydrogen-bond acceptors (Lipinski definition) is 3. The number of ether oxygens (including phenoxy) is 1. The monoisotopic (exact) mass is 395 g/mol. The summed E-state index contributed by atoms with van der Waals surface area (Å²) >= 11 is 0. The first-order valence-corrected chi connectivity index (χ1v) is 11.0. The van der Waals surface area contributed by atoms with Crippen LogP contribution in [-0.4, -0.2) is 35.2 Å². The lowest BCUT2D eigenvalue weighted by molar-refractivity contribution is -0.143. The van der Waals surface area contributed by atoms with Crippen molar-refractivity contribution < 1.29 is 14.6 Å². The molecule has 156 valence electrons. The summed E-state index contributed by atoms with van der Waals surface area (Å²) in [6.07, 6.45) is 6.54. The van der Waals surface area contributed by atoms with Crippen molar-refractivity contribution in [1.82, 2.24) is 4.90 Å². The molecule has 0 bridgehead atoms. The Kier molecular flexibility index (Phi) is 5.82. The fourth-order valence-corrected chi connectivity index (χ4v) is 4.77. The van der Waals surface area contributed by atoms with Crippen molar-refractivity contribution in [3.05, 3.63) is 42.0 Å². The van der Waals surface area contributed by atoms with E-state index in [9.17, 15) is 9.90 Å². The lowest BCUT2D eigenvalue weighted by atomic mass is 9.76. The van der Waals surface area contributed by atoms with Gasteiger partial charge in [0.2, 0.25) is 0 Å². The Morgan fingerprint density at radius 3 is 2.52 bits per heavy atom. The molecule has 1 saturated heterocycles. The maximum Gasteiger partial charge on any atom is 0.306 e. The summed E-state index contributed by atoms with van der Waals surface area (Å²) < 4.78 is 6.42. The van der Waals surface area contributed by atoms with Gasteiger partial charge in [0.1, 0.15) is 5.75 Å². The summed E-state index contributed by atoms with van der Waals surface area (Å²) in [4.78, 5) is 13.5. The van der Waals surface area contributed by atoms with Gasteiger partial charge >= 0.3 is 5.97 Å². The third-order valence-electron chi connectivity index (χ3n) is 6.83. The van der Waals surface area contributed by atoms with E-state index in [1.165, 1.54) is 29.2 Å². The molecule has 2 aromatic rings. The number of aliphatic carboxylic acids is 1. The Morgan fingerprint density at radius 1 is 1.10 bits per heavy atom. The van der Waals surface area contributed by atoms with Crippen LogP contribution in [0, 0.1) is 11.3 Å². The molecule has 0 radical (unpaired) electrons. The summed E-state index contributed by atoms with van der Waals surface area (Å²) in [5, 5.41) is 11.6. The van der Waals surface area contributed by atoms with E-state index in [1.54, 1.807) is 0 Å². The molecule has 0 unspecified atom stereocenters. The van der Waals surface area contributed by atoms with E-state index >= 15 is 0 Å². The third-order valence-corrected chi connectivity index (χ3v) is 6.83. The summed E-state index contributed by atoms with van der Waals surface area (Å²) in [5.41, 5.74) is 1.73. The average molecular weight is 396 g/mol. The molecule has 4 heteroatoms. The second kappa shape index (κ2) is 8.35. The fraction of sp³-hybridized carbons (Fsp3) is 0.560. The first kappa shape index (κ1) is 20.2. The Labute approximate surface area is 173 Å². The molecule has 0 amide bonds. The van der Waals surface area contributed by atoms with E-state index in [-0.39, 0.29) is 5.92 Å².